The predicted molar refractivity (Wildman–Crippen MR) is 103 cm³/mol. The first-order valence-corrected chi connectivity index (χ1v) is 9.80. The summed E-state index contributed by atoms with van der Waals surface area (Å²) in [4.78, 5) is 27.0. The Morgan fingerprint density at radius 1 is 1.08 bits per heavy atom. The second-order valence-corrected chi connectivity index (χ2v) is 8.02. The second-order valence-electron chi connectivity index (χ2n) is 7.08. The van der Waals surface area contributed by atoms with Crippen LogP contribution in [0, 0.1) is 0 Å². The van der Waals surface area contributed by atoms with Gasteiger partial charge >= 0.3 is 0 Å². The van der Waals surface area contributed by atoms with Gasteiger partial charge in [0.05, 0.1) is 4.88 Å². The van der Waals surface area contributed by atoms with Gasteiger partial charge in [0.25, 0.3) is 5.91 Å². The van der Waals surface area contributed by atoms with Crippen molar-refractivity contribution in [2.45, 2.75) is 39.5 Å². The molecule has 134 valence electrons. The lowest BCUT2D eigenvalue weighted by atomic mass is 10.1. The van der Waals surface area contributed by atoms with E-state index in [2.05, 4.69) is 38.7 Å². The number of anilines is 1. The molecule has 2 aromatic rings. The highest BCUT2D eigenvalue weighted by Gasteiger charge is 2.24. The fourth-order valence-corrected chi connectivity index (χ4v) is 3.57. The van der Waals surface area contributed by atoms with E-state index in [-0.39, 0.29) is 5.91 Å². The number of piperazine rings is 1. The van der Waals surface area contributed by atoms with Crippen LogP contribution in [-0.4, -0.2) is 47.0 Å². The summed E-state index contributed by atoms with van der Waals surface area (Å²) in [5.74, 6) is 2.71. The van der Waals surface area contributed by atoms with Crippen molar-refractivity contribution in [3.05, 3.63) is 40.0 Å². The Balaban J connectivity index is 1.73. The van der Waals surface area contributed by atoms with Crippen LogP contribution in [0.3, 0.4) is 0 Å². The molecule has 0 spiro atoms. The Hall–Kier alpha value is -1.95. The molecule has 3 rings (SSSR count). The fraction of sp³-hybridized carbons (Fsp3) is 0.526. The van der Waals surface area contributed by atoms with E-state index in [0.29, 0.717) is 11.8 Å². The van der Waals surface area contributed by atoms with E-state index in [0.717, 1.165) is 48.4 Å². The third-order valence-corrected chi connectivity index (χ3v) is 5.34. The second kappa shape index (κ2) is 7.52. The molecule has 0 bridgehead atoms. The van der Waals surface area contributed by atoms with Crippen molar-refractivity contribution in [3.8, 4) is 0 Å². The van der Waals surface area contributed by atoms with Gasteiger partial charge in [-0.1, -0.05) is 33.8 Å². The van der Waals surface area contributed by atoms with Crippen LogP contribution in [0.1, 0.15) is 60.7 Å². The molecule has 25 heavy (non-hydrogen) atoms. The summed E-state index contributed by atoms with van der Waals surface area (Å²) in [7, 11) is 0. The Kier molecular flexibility index (Phi) is 5.37. The highest BCUT2D eigenvalue weighted by atomic mass is 32.1. The summed E-state index contributed by atoms with van der Waals surface area (Å²) in [5, 5.41) is 1.95. The quantitative estimate of drug-likeness (QED) is 0.835. The summed E-state index contributed by atoms with van der Waals surface area (Å²) in [6.07, 6.45) is 0. The lowest BCUT2D eigenvalue weighted by Crippen LogP contribution is -2.49. The predicted octanol–water partition coefficient (Wildman–Crippen LogP) is 3.75. The minimum Gasteiger partial charge on any atom is -0.353 e. The molecular formula is C19H26N4OS. The maximum atomic E-state index is 12.5. The van der Waals surface area contributed by atoms with Crippen molar-refractivity contribution in [1.29, 1.82) is 0 Å². The van der Waals surface area contributed by atoms with E-state index in [1.165, 1.54) is 11.3 Å². The molecule has 1 amide bonds. The van der Waals surface area contributed by atoms with Crippen molar-refractivity contribution < 1.29 is 4.79 Å². The lowest BCUT2D eigenvalue weighted by molar-refractivity contribution is 0.0751. The zero-order valence-corrected chi connectivity index (χ0v) is 16.2. The van der Waals surface area contributed by atoms with Crippen LogP contribution in [0.5, 0.6) is 0 Å². The van der Waals surface area contributed by atoms with Crippen molar-refractivity contribution >= 4 is 23.1 Å². The van der Waals surface area contributed by atoms with Gasteiger partial charge in [0.15, 0.2) is 0 Å². The van der Waals surface area contributed by atoms with E-state index in [4.69, 9.17) is 9.97 Å². The van der Waals surface area contributed by atoms with Crippen LogP contribution in [0.25, 0.3) is 0 Å². The number of amides is 1. The van der Waals surface area contributed by atoms with Crippen molar-refractivity contribution in [3.63, 3.8) is 0 Å². The average molecular weight is 359 g/mol. The molecule has 1 aliphatic rings. The molecule has 0 saturated carbocycles. The van der Waals surface area contributed by atoms with Crippen molar-refractivity contribution in [2.75, 3.05) is 31.1 Å². The number of carbonyl (C=O) groups is 1. The summed E-state index contributed by atoms with van der Waals surface area (Å²) < 4.78 is 0. The molecule has 1 fully saturated rings. The summed E-state index contributed by atoms with van der Waals surface area (Å²) in [6, 6.07) is 5.93. The molecule has 0 atom stereocenters. The van der Waals surface area contributed by atoms with Gasteiger partial charge in [0.1, 0.15) is 11.6 Å². The summed E-state index contributed by atoms with van der Waals surface area (Å²) in [6.45, 7) is 11.7. The number of nitrogens with zero attached hydrogens (tertiary/aromatic N) is 4. The van der Waals surface area contributed by atoms with Gasteiger partial charge in [-0.15, -0.1) is 11.3 Å². The number of hydrogen-bond donors (Lipinski definition) is 0. The maximum absolute atomic E-state index is 12.5. The van der Waals surface area contributed by atoms with Gasteiger partial charge in [0.2, 0.25) is 0 Å². The molecule has 5 nitrogen and oxygen atoms in total. The molecule has 0 unspecified atom stereocenters. The van der Waals surface area contributed by atoms with E-state index >= 15 is 0 Å². The van der Waals surface area contributed by atoms with Gasteiger partial charge < -0.3 is 9.80 Å². The number of carbonyl (C=O) groups excluding carboxylic acids is 1. The van der Waals surface area contributed by atoms with Gasteiger partial charge in [0, 0.05) is 43.9 Å². The van der Waals surface area contributed by atoms with Crippen molar-refractivity contribution in [1.82, 2.24) is 14.9 Å². The van der Waals surface area contributed by atoms with Crippen LogP contribution in [0.2, 0.25) is 0 Å². The molecule has 0 radical (unpaired) electrons. The number of aromatic nitrogens is 2. The average Bonchev–Trinajstić information content (AvgIpc) is 3.15. The van der Waals surface area contributed by atoms with Gasteiger partial charge in [-0.05, 0) is 17.4 Å². The molecule has 6 heteroatoms. The van der Waals surface area contributed by atoms with Crippen LogP contribution in [0.15, 0.2) is 23.6 Å². The Labute approximate surface area is 153 Å². The zero-order valence-electron chi connectivity index (χ0n) is 15.4. The number of rotatable bonds is 4. The Bertz CT molecular complexity index is 693. The zero-order chi connectivity index (χ0) is 18.0. The normalized spacial score (nSPS) is 15.3. The number of hydrogen-bond acceptors (Lipinski definition) is 5. The van der Waals surface area contributed by atoms with Crippen LogP contribution >= 0.6 is 11.3 Å². The largest absolute Gasteiger partial charge is 0.353 e. The Morgan fingerprint density at radius 3 is 2.36 bits per heavy atom. The van der Waals surface area contributed by atoms with Gasteiger partial charge in [-0.25, -0.2) is 9.97 Å². The van der Waals surface area contributed by atoms with Gasteiger partial charge in [-0.3, -0.25) is 4.79 Å². The number of thiophene rings is 1. The molecule has 0 aliphatic carbocycles. The molecule has 1 saturated heterocycles. The minimum absolute atomic E-state index is 0.142. The molecule has 2 aromatic heterocycles. The Morgan fingerprint density at radius 2 is 1.80 bits per heavy atom. The first-order chi connectivity index (χ1) is 12.0. The molecule has 3 heterocycles. The first kappa shape index (κ1) is 17.9. The van der Waals surface area contributed by atoms with Crippen LogP contribution in [-0.2, 0) is 0 Å². The first-order valence-electron chi connectivity index (χ1n) is 8.92. The molecule has 0 N–H and O–H groups in total. The molecule has 1 aliphatic heterocycles. The smallest absolute Gasteiger partial charge is 0.264 e. The standard InChI is InChI=1S/C19H26N4OS/c1-13(2)15-12-17(21-18(20-15)14(3)4)22-7-9-23(10-8-22)19(24)16-6-5-11-25-16/h5-6,11-14H,7-10H2,1-4H3. The topological polar surface area (TPSA) is 49.3 Å². The highest BCUT2D eigenvalue weighted by Crippen LogP contribution is 2.23. The maximum Gasteiger partial charge on any atom is 0.264 e. The van der Waals surface area contributed by atoms with Crippen LogP contribution in [0.4, 0.5) is 5.82 Å². The van der Waals surface area contributed by atoms with E-state index < -0.39 is 0 Å². The van der Waals surface area contributed by atoms with E-state index in [9.17, 15) is 4.79 Å². The monoisotopic (exact) mass is 358 g/mol. The summed E-state index contributed by atoms with van der Waals surface area (Å²) in [5.41, 5.74) is 1.09. The minimum atomic E-state index is 0.142. The third-order valence-electron chi connectivity index (χ3n) is 4.48. The van der Waals surface area contributed by atoms with Crippen LogP contribution < -0.4 is 4.90 Å². The lowest BCUT2D eigenvalue weighted by Gasteiger charge is -2.35. The van der Waals surface area contributed by atoms with Gasteiger partial charge in [-0.2, -0.15) is 0 Å². The van der Waals surface area contributed by atoms with Crippen molar-refractivity contribution in [2.24, 2.45) is 0 Å². The third kappa shape index (κ3) is 4.00. The fourth-order valence-electron chi connectivity index (χ4n) is 2.88. The summed E-state index contributed by atoms with van der Waals surface area (Å²) >= 11 is 1.51. The highest BCUT2D eigenvalue weighted by molar-refractivity contribution is 7.12. The SMILES string of the molecule is CC(C)c1cc(N2CCN(C(=O)c3cccs3)CC2)nc(C(C)C)n1. The van der Waals surface area contributed by atoms with E-state index in [1.807, 2.05) is 22.4 Å². The van der Waals surface area contributed by atoms with E-state index in [1.54, 1.807) is 0 Å². The molecule has 0 aromatic carbocycles. The molecular weight excluding hydrogens is 332 g/mol.